The van der Waals surface area contributed by atoms with Crippen LogP contribution in [0.2, 0.25) is 0 Å². The van der Waals surface area contributed by atoms with Crippen molar-refractivity contribution in [2.75, 3.05) is 0 Å². The number of aromatic nitrogens is 6. The number of hydrogen-bond donors (Lipinski definition) is 0. The molecule has 0 N–H and O–H groups in total. The molecule has 3 rings (SSSR count). The molecule has 0 spiro atoms. The van der Waals surface area contributed by atoms with E-state index in [2.05, 4.69) is 36.2 Å². The lowest BCUT2D eigenvalue weighted by Crippen LogP contribution is -1.97. The van der Waals surface area contributed by atoms with E-state index in [-0.39, 0.29) is 0 Å². The van der Waals surface area contributed by atoms with E-state index in [0.29, 0.717) is 22.9 Å². The van der Waals surface area contributed by atoms with Gasteiger partial charge in [0.2, 0.25) is 0 Å². The molecule has 85 valence electrons. The van der Waals surface area contributed by atoms with E-state index in [4.69, 9.17) is 0 Å². The summed E-state index contributed by atoms with van der Waals surface area (Å²) in [6.07, 6.45) is 10.8. The van der Waals surface area contributed by atoms with Gasteiger partial charge in [0.05, 0.1) is 5.56 Å². The molecule has 0 atom stereocenters. The van der Waals surface area contributed by atoms with E-state index >= 15 is 0 Å². The van der Waals surface area contributed by atoms with E-state index < -0.39 is 0 Å². The van der Waals surface area contributed by atoms with Crippen LogP contribution in [0.4, 0.5) is 0 Å². The number of nitrogens with zero attached hydrogens (tertiary/aromatic N) is 6. The maximum Gasteiger partial charge on any atom is 0.198 e. The highest BCUT2D eigenvalue weighted by Gasteiger charge is 2.12. The van der Waals surface area contributed by atoms with Crippen LogP contribution < -0.4 is 0 Å². The van der Waals surface area contributed by atoms with E-state index in [9.17, 15) is 0 Å². The third-order valence-corrected chi connectivity index (χ3v) is 2.25. The Morgan fingerprint density at radius 2 is 1.39 bits per heavy atom. The molecule has 0 aliphatic rings. The first-order valence-electron chi connectivity index (χ1n) is 5.23. The van der Waals surface area contributed by atoms with E-state index in [1.807, 2.05) is 0 Å². The summed E-state index contributed by atoms with van der Waals surface area (Å²) < 4.78 is 0. The molecule has 0 bridgehead atoms. The summed E-state index contributed by atoms with van der Waals surface area (Å²) in [5.74, 6) is 1.03. The fourth-order valence-corrected chi connectivity index (χ4v) is 1.49. The molecule has 3 aromatic rings. The van der Waals surface area contributed by atoms with E-state index in [1.54, 1.807) is 43.1 Å². The smallest absolute Gasteiger partial charge is 0.198 e. The van der Waals surface area contributed by atoms with Crippen LogP contribution in [0.25, 0.3) is 22.9 Å². The standard InChI is InChI=1S/C12H7N6/c1-3-14-11(15-4-1)9-7-13-8-18-10(9)12-16-5-2-6-17-12/h1-7H. The number of rotatable bonds is 2. The van der Waals surface area contributed by atoms with Gasteiger partial charge >= 0.3 is 0 Å². The highest BCUT2D eigenvalue weighted by molar-refractivity contribution is 5.72. The molecular formula is C12H7N6. The lowest BCUT2D eigenvalue weighted by atomic mass is 10.2. The summed E-state index contributed by atoms with van der Waals surface area (Å²) in [4.78, 5) is 24.6. The van der Waals surface area contributed by atoms with Gasteiger partial charge in [-0.2, -0.15) is 0 Å². The van der Waals surface area contributed by atoms with Crippen LogP contribution >= 0.6 is 0 Å². The highest BCUT2D eigenvalue weighted by Crippen LogP contribution is 2.23. The van der Waals surface area contributed by atoms with E-state index in [1.165, 1.54) is 0 Å². The van der Waals surface area contributed by atoms with Crippen LogP contribution in [0.1, 0.15) is 0 Å². The molecule has 3 aromatic heterocycles. The van der Waals surface area contributed by atoms with E-state index in [0.717, 1.165) is 0 Å². The Morgan fingerprint density at radius 3 is 2.06 bits per heavy atom. The van der Waals surface area contributed by atoms with Gasteiger partial charge in [-0.3, -0.25) is 0 Å². The molecule has 6 nitrogen and oxygen atoms in total. The average Bonchev–Trinajstić information content (AvgIpc) is 2.49. The molecule has 6 heteroatoms. The first kappa shape index (κ1) is 10.4. The normalized spacial score (nSPS) is 10.2. The van der Waals surface area contributed by atoms with Crippen molar-refractivity contribution in [2.24, 2.45) is 0 Å². The fourth-order valence-electron chi connectivity index (χ4n) is 1.49. The van der Waals surface area contributed by atoms with Crippen LogP contribution in [-0.2, 0) is 0 Å². The second kappa shape index (κ2) is 4.62. The summed E-state index contributed by atoms with van der Waals surface area (Å²) in [6.45, 7) is 0. The maximum atomic E-state index is 4.17. The largest absolute Gasteiger partial charge is 0.236 e. The van der Waals surface area contributed by atoms with Crippen molar-refractivity contribution in [1.82, 2.24) is 29.9 Å². The van der Waals surface area contributed by atoms with Crippen molar-refractivity contribution in [1.29, 1.82) is 0 Å². The van der Waals surface area contributed by atoms with Gasteiger partial charge in [0.15, 0.2) is 18.0 Å². The molecule has 0 saturated heterocycles. The molecule has 3 heterocycles. The minimum Gasteiger partial charge on any atom is -0.236 e. The summed E-state index contributed by atoms with van der Waals surface area (Å²) in [5.41, 5.74) is 1.25. The second-order valence-electron chi connectivity index (χ2n) is 3.38. The Labute approximate surface area is 103 Å². The van der Waals surface area contributed by atoms with Gasteiger partial charge in [-0.05, 0) is 12.1 Å². The first-order valence-corrected chi connectivity index (χ1v) is 5.23. The van der Waals surface area contributed by atoms with Crippen molar-refractivity contribution in [3.63, 3.8) is 0 Å². The van der Waals surface area contributed by atoms with Gasteiger partial charge in [0.25, 0.3) is 0 Å². The monoisotopic (exact) mass is 235 g/mol. The molecule has 0 saturated carbocycles. The van der Waals surface area contributed by atoms with Crippen LogP contribution in [0, 0.1) is 6.33 Å². The minimum atomic E-state index is 0.499. The van der Waals surface area contributed by atoms with Gasteiger partial charge in [-0.25, -0.2) is 29.9 Å². The SMILES string of the molecule is [c]1ncc(-c2ncccn2)c(-c2ncccn2)n1. The topological polar surface area (TPSA) is 77.3 Å². The molecular weight excluding hydrogens is 228 g/mol. The Morgan fingerprint density at radius 1 is 0.778 bits per heavy atom. The fraction of sp³-hybridized carbons (Fsp3) is 0. The maximum absolute atomic E-state index is 4.17. The van der Waals surface area contributed by atoms with Crippen LogP contribution in [-0.4, -0.2) is 29.9 Å². The third kappa shape index (κ3) is 1.91. The van der Waals surface area contributed by atoms with Gasteiger partial charge in [0, 0.05) is 31.0 Å². The zero-order valence-corrected chi connectivity index (χ0v) is 9.22. The predicted molar refractivity (Wildman–Crippen MR) is 62.9 cm³/mol. The quantitative estimate of drug-likeness (QED) is 0.664. The summed E-state index contributed by atoms with van der Waals surface area (Å²) >= 11 is 0. The van der Waals surface area contributed by atoms with Gasteiger partial charge < -0.3 is 0 Å². The predicted octanol–water partition coefficient (Wildman–Crippen LogP) is 1.19. The van der Waals surface area contributed by atoms with Gasteiger partial charge in [-0.15, -0.1) is 0 Å². The molecule has 0 aliphatic carbocycles. The minimum absolute atomic E-state index is 0.499. The Hall–Kier alpha value is -2.76. The molecule has 0 amide bonds. The molecule has 0 aliphatic heterocycles. The zero-order valence-electron chi connectivity index (χ0n) is 9.22. The van der Waals surface area contributed by atoms with Gasteiger partial charge in [0.1, 0.15) is 5.69 Å². The van der Waals surface area contributed by atoms with Crippen molar-refractivity contribution in [3.05, 3.63) is 49.4 Å². The summed E-state index contributed by atoms with van der Waals surface area (Å²) in [5, 5.41) is 0. The second-order valence-corrected chi connectivity index (χ2v) is 3.38. The van der Waals surface area contributed by atoms with Gasteiger partial charge in [-0.1, -0.05) is 0 Å². The van der Waals surface area contributed by atoms with Crippen molar-refractivity contribution < 1.29 is 0 Å². The Kier molecular flexibility index (Phi) is 2.67. The van der Waals surface area contributed by atoms with Crippen molar-refractivity contribution in [3.8, 4) is 22.9 Å². The Balaban J connectivity index is 2.18. The lowest BCUT2D eigenvalue weighted by Gasteiger charge is -2.04. The average molecular weight is 235 g/mol. The zero-order chi connectivity index (χ0) is 12.2. The van der Waals surface area contributed by atoms with Crippen molar-refractivity contribution >= 4 is 0 Å². The number of hydrogen-bond acceptors (Lipinski definition) is 6. The lowest BCUT2D eigenvalue weighted by molar-refractivity contribution is 1.08. The molecule has 0 aromatic carbocycles. The Bertz CT molecular complexity index is 582. The highest BCUT2D eigenvalue weighted by atomic mass is 14.9. The van der Waals surface area contributed by atoms with Crippen LogP contribution in [0.3, 0.4) is 0 Å². The molecule has 0 unspecified atom stereocenters. The summed E-state index contributed by atoms with van der Waals surface area (Å²) in [7, 11) is 0. The molecule has 1 radical (unpaired) electrons. The van der Waals surface area contributed by atoms with Crippen LogP contribution in [0.15, 0.2) is 43.1 Å². The molecule has 18 heavy (non-hydrogen) atoms. The molecule has 0 fully saturated rings. The van der Waals surface area contributed by atoms with Crippen molar-refractivity contribution in [2.45, 2.75) is 0 Å². The summed E-state index contributed by atoms with van der Waals surface area (Å²) in [6, 6.07) is 3.49. The van der Waals surface area contributed by atoms with Crippen LogP contribution in [0.5, 0.6) is 0 Å². The first-order chi connectivity index (χ1) is 8.95. The third-order valence-electron chi connectivity index (χ3n) is 2.25.